The van der Waals surface area contributed by atoms with E-state index in [4.69, 9.17) is 28.9 Å². The van der Waals surface area contributed by atoms with E-state index in [1.165, 1.54) is 0 Å². The number of esters is 4. The van der Waals surface area contributed by atoms with Crippen LogP contribution in [0.4, 0.5) is 0 Å². The fourth-order valence-electron chi connectivity index (χ4n) is 2.66. The first-order valence-corrected chi connectivity index (χ1v) is 9.99. The SMILES string of the molecule is CC(=O)OC[C@H]1O[C@H]([S@@](=O)CCC#N)[C@H](OC(C)=O)[C@@H](OC(C)=O)[C@@H]1OC(C)=O. The lowest BCUT2D eigenvalue weighted by molar-refractivity contribution is -0.238. The van der Waals surface area contributed by atoms with Crippen LogP contribution in [0.25, 0.3) is 0 Å². The smallest absolute Gasteiger partial charge is 0.303 e. The summed E-state index contributed by atoms with van der Waals surface area (Å²) < 4.78 is 38.9. The van der Waals surface area contributed by atoms with Crippen LogP contribution in [-0.2, 0) is 53.7 Å². The minimum atomic E-state index is -1.85. The lowest BCUT2D eigenvalue weighted by Gasteiger charge is -2.43. The van der Waals surface area contributed by atoms with Crippen molar-refractivity contribution in [2.24, 2.45) is 0 Å². The predicted molar refractivity (Wildman–Crippen MR) is 95.2 cm³/mol. The molecule has 6 atom stereocenters. The summed E-state index contributed by atoms with van der Waals surface area (Å²) in [5.74, 6) is -3.07. The molecule has 12 heteroatoms. The number of carbonyl (C=O) groups is 4. The van der Waals surface area contributed by atoms with Crippen LogP contribution < -0.4 is 0 Å². The van der Waals surface area contributed by atoms with Gasteiger partial charge in [-0.05, 0) is 0 Å². The molecule has 0 N–H and O–H groups in total. The number of nitrogens with zero attached hydrogens (tertiary/aromatic N) is 1. The standard InChI is InChI=1S/C17H23NO10S/c1-9(19)24-8-13-14(25-10(2)20)15(26-11(3)21)16(27-12(4)22)17(28-13)29(23)7-5-6-18/h13-17H,5,7-8H2,1-4H3/t13-,14-,15+,16-,17-,29+/m1/s1. The third kappa shape index (κ3) is 7.78. The second-order valence-corrected chi connectivity index (χ2v) is 7.69. The topological polar surface area (TPSA) is 155 Å². The summed E-state index contributed by atoms with van der Waals surface area (Å²) in [5.41, 5.74) is -1.32. The Kier molecular flexibility index (Phi) is 9.70. The molecule has 1 aliphatic rings. The zero-order chi connectivity index (χ0) is 22.1. The molecule has 0 aromatic carbocycles. The van der Waals surface area contributed by atoms with Gasteiger partial charge < -0.3 is 23.7 Å². The molecule has 0 bridgehead atoms. The van der Waals surface area contributed by atoms with Gasteiger partial charge in [0.25, 0.3) is 0 Å². The Morgan fingerprint density at radius 2 is 1.41 bits per heavy atom. The molecule has 0 aromatic rings. The Morgan fingerprint density at radius 3 is 1.90 bits per heavy atom. The van der Waals surface area contributed by atoms with Crippen LogP contribution in [0.15, 0.2) is 0 Å². The first-order chi connectivity index (χ1) is 13.6. The van der Waals surface area contributed by atoms with Crippen molar-refractivity contribution in [2.45, 2.75) is 64.0 Å². The molecule has 0 saturated carbocycles. The van der Waals surface area contributed by atoms with E-state index in [0.717, 1.165) is 27.7 Å². The first-order valence-electron chi connectivity index (χ1n) is 8.61. The molecule has 1 fully saturated rings. The molecule has 1 heterocycles. The Hall–Kier alpha value is -2.52. The highest BCUT2D eigenvalue weighted by atomic mass is 32.2. The molecule has 0 unspecified atom stereocenters. The number of hydrogen-bond donors (Lipinski definition) is 0. The van der Waals surface area contributed by atoms with Gasteiger partial charge in [-0.2, -0.15) is 5.26 Å². The number of rotatable bonds is 8. The maximum atomic E-state index is 12.7. The highest BCUT2D eigenvalue weighted by Gasteiger charge is 2.53. The van der Waals surface area contributed by atoms with E-state index < -0.39 is 71.1 Å². The van der Waals surface area contributed by atoms with Gasteiger partial charge in [-0.25, -0.2) is 0 Å². The highest BCUT2D eigenvalue weighted by molar-refractivity contribution is 7.85. The van der Waals surface area contributed by atoms with E-state index in [-0.39, 0.29) is 12.2 Å². The Morgan fingerprint density at radius 1 is 0.897 bits per heavy atom. The molecule has 0 radical (unpaired) electrons. The molecule has 0 aromatic heterocycles. The molecule has 29 heavy (non-hydrogen) atoms. The maximum Gasteiger partial charge on any atom is 0.303 e. The van der Waals surface area contributed by atoms with Crippen molar-refractivity contribution in [1.29, 1.82) is 5.26 Å². The average molecular weight is 433 g/mol. The van der Waals surface area contributed by atoms with Gasteiger partial charge in [0.05, 0.1) is 16.9 Å². The van der Waals surface area contributed by atoms with Gasteiger partial charge in [0.1, 0.15) is 12.7 Å². The van der Waals surface area contributed by atoms with Gasteiger partial charge in [0, 0.05) is 39.9 Å². The predicted octanol–water partition coefficient (Wildman–Crippen LogP) is -0.268. The zero-order valence-corrected chi connectivity index (χ0v) is 17.3. The fourth-order valence-corrected chi connectivity index (χ4v) is 3.96. The maximum absolute atomic E-state index is 12.7. The summed E-state index contributed by atoms with van der Waals surface area (Å²) in [6.45, 7) is 4.03. The normalized spacial score (nSPS) is 27.1. The molecule has 0 amide bonds. The Labute approximate surface area is 170 Å². The van der Waals surface area contributed by atoms with Crippen LogP contribution in [0, 0.1) is 11.3 Å². The third-order valence-corrected chi connectivity index (χ3v) is 5.13. The summed E-state index contributed by atoms with van der Waals surface area (Å²) in [4.78, 5) is 46.0. The van der Waals surface area contributed by atoms with E-state index in [0.29, 0.717) is 0 Å². The van der Waals surface area contributed by atoms with Crippen molar-refractivity contribution in [1.82, 2.24) is 0 Å². The minimum Gasteiger partial charge on any atom is -0.463 e. The lowest BCUT2D eigenvalue weighted by atomic mass is 9.99. The molecule has 1 saturated heterocycles. The summed E-state index contributed by atoms with van der Waals surface area (Å²) >= 11 is 0. The van der Waals surface area contributed by atoms with Crippen LogP contribution in [0.5, 0.6) is 0 Å². The summed E-state index contributed by atoms with van der Waals surface area (Å²) in [7, 11) is -1.85. The van der Waals surface area contributed by atoms with Crippen molar-refractivity contribution >= 4 is 34.7 Å². The zero-order valence-electron chi connectivity index (χ0n) is 16.4. The van der Waals surface area contributed by atoms with Crippen LogP contribution in [0.1, 0.15) is 34.1 Å². The van der Waals surface area contributed by atoms with Gasteiger partial charge >= 0.3 is 23.9 Å². The van der Waals surface area contributed by atoms with Crippen LogP contribution in [-0.4, -0.2) is 70.3 Å². The number of hydrogen-bond acceptors (Lipinski definition) is 11. The molecular formula is C17H23NO10S. The second-order valence-electron chi connectivity index (χ2n) is 6.06. The largest absolute Gasteiger partial charge is 0.463 e. The van der Waals surface area contributed by atoms with Crippen LogP contribution >= 0.6 is 0 Å². The van der Waals surface area contributed by atoms with Crippen molar-refractivity contribution in [3.05, 3.63) is 0 Å². The number of carbonyl (C=O) groups excluding carboxylic acids is 4. The van der Waals surface area contributed by atoms with Crippen LogP contribution in [0.2, 0.25) is 0 Å². The summed E-state index contributed by atoms with van der Waals surface area (Å²) in [6, 6.07) is 1.84. The number of nitriles is 1. The molecule has 162 valence electrons. The monoisotopic (exact) mass is 433 g/mol. The fraction of sp³-hybridized carbons (Fsp3) is 0.706. The van der Waals surface area contributed by atoms with E-state index in [9.17, 15) is 23.4 Å². The van der Waals surface area contributed by atoms with E-state index in [1.54, 1.807) is 0 Å². The number of ether oxygens (including phenoxy) is 5. The van der Waals surface area contributed by atoms with Gasteiger partial charge in [0.15, 0.2) is 23.7 Å². The highest BCUT2D eigenvalue weighted by Crippen LogP contribution is 2.31. The van der Waals surface area contributed by atoms with Crippen molar-refractivity contribution in [3.8, 4) is 6.07 Å². The Bertz CT molecular complexity index is 703. The van der Waals surface area contributed by atoms with Crippen LogP contribution in [0.3, 0.4) is 0 Å². The Balaban J connectivity index is 3.35. The van der Waals surface area contributed by atoms with Crippen molar-refractivity contribution < 1.29 is 47.1 Å². The van der Waals surface area contributed by atoms with E-state index >= 15 is 0 Å². The quantitative estimate of drug-likeness (QED) is 0.367. The third-order valence-electron chi connectivity index (χ3n) is 3.62. The molecule has 11 nitrogen and oxygen atoms in total. The van der Waals surface area contributed by atoms with Gasteiger partial charge in [-0.1, -0.05) is 0 Å². The summed E-state index contributed by atoms with van der Waals surface area (Å²) in [6.07, 6.45) is -5.28. The molecule has 0 spiro atoms. The van der Waals surface area contributed by atoms with E-state index in [1.807, 2.05) is 6.07 Å². The van der Waals surface area contributed by atoms with Gasteiger partial charge in [-0.15, -0.1) is 0 Å². The van der Waals surface area contributed by atoms with E-state index in [2.05, 4.69) is 0 Å². The van der Waals surface area contributed by atoms with Gasteiger partial charge in [-0.3, -0.25) is 23.4 Å². The first kappa shape index (κ1) is 24.5. The molecule has 1 aliphatic heterocycles. The molecule has 1 rings (SSSR count). The lowest BCUT2D eigenvalue weighted by Crippen LogP contribution is -2.63. The second kappa shape index (κ2) is 11.5. The molecule has 0 aliphatic carbocycles. The van der Waals surface area contributed by atoms with Crippen molar-refractivity contribution in [2.75, 3.05) is 12.4 Å². The minimum absolute atomic E-state index is 0.0700. The summed E-state index contributed by atoms with van der Waals surface area (Å²) in [5, 5.41) is 8.74. The van der Waals surface area contributed by atoms with Gasteiger partial charge in [0.2, 0.25) is 0 Å². The average Bonchev–Trinajstić information content (AvgIpc) is 2.60. The van der Waals surface area contributed by atoms with Crippen molar-refractivity contribution in [3.63, 3.8) is 0 Å². The molecular weight excluding hydrogens is 410 g/mol.